The van der Waals surface area contributed by atoms with Crippen LogP contribution in [0.3, 0.4) is 0 Å². The fourth-order valence-electron chi connectivity index (χ4n) is 1.32. The molecule has 1 rings (SSSR count). The second-order valence-electron chi connectivity index (χ2n) is 3.97. The number of urea groups is 1. The van der Waals surface area contributed by atoms with Gasteiger partial charge in [0, 0.05) is 33.7 Å². The summed E-state index contributed by atoms with van der Waals surface area (Å²) in [6, 6.07) is 7.00. The first kappa shape index (κ1) is 13.3. The Morgan fingerprint density at radius 2 is 2.12 bits per heavy atom. The molecule has 1 aromatic rings. The zero-order valence-electron chi connectivity index (χ0n) is 10.2. The number of hydrogen-bond donors (Lipinski definition) is 3. The smallest absolute Gasteiger partial charge is 0.316 e. The number of nitrogens with zero attached hydrogens (tertiary/aromatic N) is 1. The van der Waals surface area contributed by atoms with Gasteiger partial charge in [0.15, 0.2) is 0 Å². The highest BCUT2D eigenvalue weighted by Gasteiger charge is 2.00. The molecule has 0 unspecified atom stereocenters. The number of carbonyl (C=O) groups is 1. The number of phenols is 1. The number of rotatable bonds is 5. The largest absolute Gasteiger partial charge is 0.508 e. The van der Waals surface area contributed by atoms with Crippen molar-refractivity contribution in [2.45, 2.75) is 6.54 Å². The average molecular weight is 237 g/mol. The summed E-state index contributed by atoms with van der Waals surface area (Å²) >= 11 is 0. The van der Waals surface area contributed by atoms with Gasteiger partial charge in [-0.1, -0.05) is 12.1 Å². The normalized spacial score (nSPS) is 10.0. The highest BCUT2D eigenvalue weighted by Crippen LogP contribution is 2.09. The molecule has 0 aliphatic rings. The predicted molar refractivity (Wildman–Crippen MR) is 66.9 cm³/mol. The monoisotopic (exact) mass is 237 g/mol. The second kappa shape index (κ2) is 6.75. The van der Waals surface area contributed by atoms with Gasteiger partial charge in [0.2, 0.25) is 0 Å². The SMILES string of the molecule is CN(C)C(=O)NCCNCc1cccc(O)c1. The van der Waals surface area contributed by atoms with E-state index in [0.717, 1.165) is 5.56 Å². The van der Waals surface area contributed by atoms with E-state index in [0.29, 0.717) is 19.6 Å². The van der Waals surface area contributed by atoms with Gasteiger partial charge in [-0.25, -0.2) is 4.79 Å². The lowest BCUT2D eigenvalue weighted by Crippen LogP contribution is -2.38. The van der Waals surface area contributed by atoms with E-state index >= 15 is 0 Å². The lowest BCUT2D eigenvalue weighted by molar-refractivity contribution is 0.217. The van der Waals surface area contributed by atoms with Crippen molar-refractivity contribution in [3.8, 4) is 5.75 Å². The van der Waals surface area contributed by atoms with Crippen LogP contribution in [-0.2, 0) is 6.54 Å². The van der Waals surface area contributed by atoms with E-state index in [4.69, 9.17) is 0 Å². The molecular formula is C12H19N3O2. The van der Waals surface area contributed by atoms with Gasteiger partial charge in [-0.15, -0.1) is 0 Å². The lowest BCUT2D eigenvalue weighted by Gasteiger charge is -2.12. The Balaban J connectivity index is 2.14. The number of phenolic OH excluding ortho intramolecular Hbond substituents is 1. The van der Waals surface area contributed by atoms with Crippen LogP contribution in [0.25, 0.3) is 0 Å². The zero-order valence-corrected chi connectivity index (χ0v) is 10.2. The van der Waals surface area contributed by atoms with Crippen LogP contribution < -0.4 is 10.6 Å². The molecule has 0 radical (unpaired) electrons. The van der Waals surface area contributed by atoms with Crippen LogP contribution in [0.1, 0.15) is 5.56 Å². The first-order chi connectivity index (χ1) is 8.09. The number of nitrogens with one attached hydrogen (secondary N) is 2. The molecule has 3 N–H and O–H groups in total. The summed E-state index contributed by atoms with van der Waals surface area (Å²) in [4.78, 5) is 12.7. The molecule has 0 bridgehead atoms. The summed E-state index contributed by atoms with van der Waals surface area (Å²) in [6.07, 6.45) is 0. The van der Waals surface area contributed by atoms with Gasteiger partial charge in [-0.2, -0.15) is 0 Å². The van der Waals surface area contributed by atoms with E-state index in [-0.39, 0.29) is 11.8 Å². The fourth-order valence-corrected chi connectivity index (χ4v) is 1.32. The molecule has 0 atom stereocenters. The van der Waals surface area contributed by atoms with E-state index in [2.05, 4.69) is 10.6 Å². The first-order valence-corrected chi connectivity index (χ1v) is 5.53. The maximum Gasteiger partial charge on any atom is 0.316 e. The van der Waals surface area contributed by atoms with Crippen molar-refractivity contribution < 1.29 is 9.90 Å². The number of amides is 2. The maximum atomic E-state index is 11.2. The first-order valence-electron chi connectivity index (χ1n) is 5.53. The van der Waals surface area contributed by atoms with Gasteiger partial charge < -0.3 is 20.6 Å². The molecule has 0 aliphatic heterocycles. The van der Waals surface area contributed by atoms with E-state index < -0.39 is 0 Å². The molecule has 5 nitrogen and oxygen atoms in total. The highest BCUT2D eigenvalue weighted by molar-refractivity contribution is 5.73. The fraction of sp³-hybridized carbons (Fsp3) is 0.417. The number of carbonyl (C=O) groups excluding carboxylic acids is 1. The topological polar surface area (TPSA) is 64.6 Å². The van der Waals surface area contributed by atoms with Crippen LogP contribution >= 0.6 is 0 Å². The minimum Gasteiger partial charge on any atom is -0.508 e. The van der Waals surface area contributed by atoms with E-state index in [1.807, 2.05) is 6.07 Å². The summed E-state index contributed by atoms with van der Waals surface area (Å²) in [7, 11) is 3.41. The summed E-state index contributed by atoms with van der Waals surface area (Å²) in [5.41, 5.74) is 1.02. The molecule has 94 valence electrons. The second-order valence-corrected chi connectivity index (χ2v) is 3.97. The quantitative estimate of drug-likeness (QED) is 0.662. The van der Waals surface area contributed by atoms with Crippen molar-refractivity contribution in [2.75, 3.05) is 27.2 Å². The van der Waals surface area contributed by atoms with Crippen LogP contribution in [0.15, 0.2) is 24.3 Å². The summed E-state index contributed by atoms with van der Waals surface area (Å²) in [6.45, 7) is 1.94. The van der Waals surface area contributed by atoms with Gasteiger partial charge >= 0.3 is 6.03 Å². The maximum absolute atomic E-state index is 11.2. The van der Waals surface area contributed by atoms with Crippen molar-refractivity contribution in [3.63, 3.8) is 0 Å². The minimum atomic E-state index is -0.0934. The third-order valence-electron chi connectivity index (χ3n) is 2.22. The Bertz CT molecular complexity index is 367. The summed E-state index contributed by atoms with van der Waals surface area (Å²) < 4.78 is 0. The van der Waals surface area contributed by atoms with Gasteiger partial charge in [-0.3, -0.25) is 0 Å². The van der Waals surface area contributed by atoms with Crippen molar-refractivity contribution in [3.05, 3.63) is 29.8 Å². The number of benzene rings is 1. The molecule has 5 heteroatoms. The third-order valence-corrected chi connectivity index (χ3v) is 2.22. The van der Waals surface area contributed by atoms with Crippen LogP contribution in [0, 0.1) is 0 Å². The molecule has 0 saturated heterocycles. The Morgan fingerprint density at radius 3 is 2.76 bits per heavy atom. The van der Waals surface area contributed by atoms with Gasteiger partial charge in [0.25, 0.3) is 0 Å². The van der Waals surface area contributed by atoms with Crippen molar-refractivity contribution in [2.24, 2.45) is 0 Å². The summed E-state index contributed by atoms with van der Waals surface area (Å²) in [5.74, 6) is 0.269. The van der Waals surface area contributed by atoms with Gasteiger partial charge in [-0.05, 0) is 17.7 Å². The molecule has 0 spiro atoms. The van der Waals surface area contributed by atoms with Crippen LogP contribution in [0.5, 0.6) is 5.75 Å². The molecule has 0 saturated carbocycles. The van der Waals surface area contributed by atoms with Crippen LogP contribution in [0.2, 0.25) is 0 Å². The third kappa shape index (κ3) is 5.21. The molecule has 0 aromatic heterocycles. The molecular weight excluding hydrogens is 218 g/mol. The molecule has 17 heavy (non-hydrogen) atoms. The summed E-state index contributed by atoms with van der Waals surface area (Å²) in [5, 5.41) is 15.2. The predicted octanol–water partition coefficient (Wildman–Crippen LogP) is 0.753. The van der Waals surface area contributed by atoms with Crippen LogP contribution in [-0.4, -0.2) is 43.2 Å². The molecule has 0 heterocycles. The Labute approximate surface area is 101 Å². The van der Waals surface area contributed by atoms with E-state index in [9.17, 15) is 9.90 Å². The Hall–Kier alpha value is -1.75. The van der Waals surface area contributed by atoms with Crippen LogP contribution in [0.4, 0.5) is 4.79 Å². The number of aromatic hydroxyl groups is 1. The van der Waals surface area contributed by atoms with Crippen molar-refractivity contribution >= 4 is 6.03 Å². The minimum absolute atomic E-state index is 0.0934. The van der Waals surface area contributed by atoms with Gasteiger partial charge in [0.05, 0.1) is 0 Å². The van der Waals surface area contributed by atoms with Gasteiger partial charge in [0.1, 0.15) is 5.75 Å². The lowest BCUT2D eigenvalue weighted by atomic mass is 10.2. The standard InChI is InChI=1S/C12H19N3O2/c1-15(2)12(17)14-7-6-13-9-10-4-3-5-11(16)8-10/h3-5,8,13,16H,6-7,9H2,1-2H3,(H,14,17). The Kier molecular flexibility index (Phi) is 5.29. The van der Waals surface area contributed by atoms with Crippen molar-refractivity contribution in [1.82, 2.24) is 15.5 Å². The van der Waals surface area contributed by atoms with E-state index in [1.54, 1.807) is 32.3 Å². The molecule has 0 aliphatic carbocycles. The number of hydrogen-bond acceptors (Lipinski definition) is 3. The molecule has 1 aromatic carbocycles. The Morgan fingerprint density at radius 1 is 1.35 bits per heavy atom. The van der Waals surface area contributed by atoms with Crippen molar-refractivity contribution in [1.29, 1.82) is 0 Å². The van der Waals surface area contributed by atoms with E-state index in [1.165, 1.54) is 4.90 Å². The zero-order chi connectivity index (χ0) is 12.7. The average Bonchev–Trinajstić information content (AvgIpc) is 2.28. The highest BCUT2D eigenvalue weighted by atomic mass is 16.3. The molecule has 2 amide bonds. The molecule has 0 fully saturated rings.